The highest BCUT2D eigenvalue weighted by Crippen LogP contribution is 2.44. The van der Waals surface area contributed by atoms with Crippen LogP contribution in [0.5, 0.6) is 0 Å². The molecule has 7 heteroatoms. The lowest BCUT2D eigenvalue weighted by atomic mass is 10.1. The predicted molar refractivity (Wildman–Crippen MR) is 74.6 cm³/mol. The van der Waals surface area contributed by atoms with Crippen LogP contribution in [-0.2, 0) is 0 Å². The number of carbonyl (C=O) groups is 1. The highest BCUT2D eigenvalue weighted by molar-refractivity contribution is 5.93. The van der Waals surface area contributed by atoms with Crippen LogP contribution in [0.15, 0.2) is 30.6 Å². The highest BCUT2D eigenvalue weighted by Gasteiger charge is 2.42. The van der Waals surface area contributed by atoms with Crippen molar-refractivity contribution in [1.29, 1.82) is 0 Å². The van der Waals surface area contributed by atoms with Crippen molar-refractivity contribution in [3.05, 3.63) is 47.8 Å². The maximum atomic E-state index is 13.7. The normalized spacial score (nSPS) is 15.6. The summed E-state index contributed by atoms with van der Waals surface area (Å²) in [5, 5.41) is 15.9. The molecular weight excluding hydrogens is 292 g/mol. The van der Waals surface area contributed by atoms with Crippen LogP contribution in [0, 0.1) is 17.0 Å². The number of aliphatic hydroxyl groups is 1. The van der Waals surface area contributed by atoms with Crippen LogP contribution in [0.2, 0.25) is 0 Å². The van der Waals surface area contributed by atoms with Gasteiger partial charge in [0.15, 0.2) is 5.82 Å². The van der Waals surface area contributed by atoms with Crippen LogP contribution >= 0.6 is 0 Å². The zero-order chi connectivity index (χ0) is 15.7. The molecule has 2 N–H and O–H groups in total. The molecule has 5 nitrogen and oxygen atoms in total. The third-order valence-corrected chi connectivity index (χ3v) is 3.92. The van der Waals surface area contributed by atoms with Gasteiger partial charge in [-0.25, -0.2) is 13.5 Å². The molecule has 1 aliphatic rings. The number of hydrogen-bond acceptors (Lipinski definition) is 3. The molecular formula is C15H15F2N3O2. The molecule has 1 fully saturated rings. The van der Waals surface area contributed by atoms with Crippen molar-refractivity contribution < 1.29 is 18.7 Å². The van der Waals surface area contributed by atoms with Crippen molar-refractivity contribution in [3.63, 3.8) is 0 Å². The van der Waals surface area contributed by atoms with E-state index in [0.29, 0.717) is 6.54 Å². The van der Waals surface area contributed by atoms with Crippen LogP contribution in [-0.4, -0.2) is 33.9 Å². The number of nitrogens with one attached hydrogen (secondary N) is 1. The summed E-state index contributed by atoms with van der Waals surface area (Å²) in [5.41, 5.74) is 0.154. The standard InChI is InChI=1S/C15H15F2N3O2/c16-11-1-2-13(12(17)5-11)20-7-10(6-19-20)14(22)18-8-15(9-21)3-4-15/h1-2,5-7,21H,3-4,8-9H2,(H,18,22). The number of nitrogens with zero attached hydrogens (tertiary/aromatic N) is 2. The van der Waals surface area contributed by atoms with Gasteiger partial charge in [-0.2, -0.15) is 5.10 Å². The molecule has 0 spiro atoms. The largest absolute Gasteiger partial charge is 0.396 e. The average Bonchev–Trinajstić information content (AvgIpc) is 3.12. The molecule has 3 rings (SSSR count). The smallest absolute Gasteiger partial charge is 0.254 e. The second-order valence-corrected chi connectivity index (χ2v) is 5.61. The fourth-order valence-corrected chi connectivity index (χ4v) is 2.18. The monoisotopic (exact) mass is 307 g/mol. The van der Waals surface area contributed by atoms with Gasteiger partial charge in [-0.1, -0.05) is 0 Å². The van der Waals surface area contributed by atoms with E-state index >= 15 is 0 Å². The average molecular weight is 307 g/mol. The van der Waals surface area contributed by atoms with E-state index in [9.17, 15) is 18.7 Å². The van der Waals surface area contributed by atoms with E-state index in [1.165, 1.54) is 23.1 Å². The second-order valence-electron chi connectivity index (χ2n) is 5.61. The molecule has 0 atom stereocenters. The summed E-state index contributed by atoms with van der Waals surface area (Å²) in [6, 6.07) is 3.14. The Kier molecular flexibility index (Phi) is 3.66. The fraction of sp³-hybridized carbons (Fsp3) is 0.333. The van der Waals surface area contributed by atoms with Gasteiger partial charge < -0.3 is 10.4 Å². The molecule has 22 heavy (non-hydrogen) atoms. The Balaban J connectivity index is 1.71. The van der Waals surface area contributed by atoms with Gasteiger partial charge in [0.05, 0.1) is 18.4 Å². The molecule has 0 unspecified atom stereocenters. The number of hydrogen-bond donors (Lipinski definition) is 2. The summed E-state index contributed by atoms with van der Waals surface area (Å²) >= 11 is 0. The van der Waals surface area contributed by atoms with Gasteiger partial charge in [0.25, 0.3) is 5.91 Å². The minimum absolute atomic E-state index is 0.0489. The number of rotatable bonds is 5. The summed E-state index contributed by atoms with van der Waals surface area (Å²) < 4.78 is 27.8. The topological polar surface area (TPSA) is 67.2 Å². The third-order valence-electron chi connectivity index (χ3n) is 3.92. The van der Waals surface area contributed by atoms with Crippen LogP contribution in [0.3, 0.4) is 0 Å². The van der Waals surface area contributed by atoms with Crippen molar-refractivity contribution in [2.75, 3.05) is 13.2 Å². The van der Waals surface area contributed by atoms with Crippen molar-refractivity contribution in [1.82, 2.24) is 15.1 Å². The van der Waals surface area contributed by atoms with Gasteiger partial charge >= 0.3 is 0 Å². The summed E-state index contributed by atoms with van der Waals surface area (Å²) in [5.74, 6) is -1.77. The fourth-order valence-electron chi connectivity index (χ4n) is 2.18. The van der Waals surface area contributed by atoms with Crippen molar-refractivity contribution >= 4 is 5.91 Å². The SMILES string of the molecule is O=C(NCC1(CO)CC1)c1cnn(-c2ccc(F)cc2F)c1. The van der Waals surface area contributed by atoms with Crippen molar-refractivity contribution in [2.24, 2.45) is 5.41 Å². The van der Waals surface area contributed by atoms with Crippen LogP contribution in [0.1, 0.15) is 23.2 Å². The molecule has 1 aromatic heterocycles. The Bertz CT molecular complexity index is 711. The van der Waals surface area contributed by atoms with E-state index in [0.717, 1.165) is 25.0 Å². The number of carbonyl (C=O) groups excluding carboxylic acids is 1. The Labute approximate surface area is 125 Å². The first-order valence-electron chi connectivity index (χ1n) is 6.92. The van der Waals surface area contributed by atoms with Gasteiger partial charge in [-0.15, -0.1) is 0 Å². The zero-order valence-electron chi connectivity index (χ0n) is 11.7. The number of amides is 1. The lowest BCUT2D eigenvalue weighted by Gasteiger charge is -2.11. The van der Waals surface area contributed by atoms with E-state index in [4.69, 9.17) is 0 Å². The van der Waals surface area contributed by atoms with Crippen molar-refractivity contribution in [3.8, 4) is 5.69 Å². The number of benzene rings is 1. The Morgan fingerprint density at radius 1 is 1.41 bits per heavy atom. The molecule has 0 bridgehead atoms. The number of aliphatic hydroxyl groups excluding tert-OH is 1. The summed E-state index contributed by atoms with van der Waals surface area (Å²) in [6.45, 7) is 0.450. The van der Waals surface area contributed by atoms with Crippen LogP contribution in [0.4, 0.5) is 8.78 Å². The van der Waals surface area contributed by atoms with E-state index < -0.39 is 11.6 Å². The molecule has 0 aliphatic heterocycles. The first kappa shape index (κ1) is 14.6. The predicted octanol–water partition coefficient (Wildman–Crippen LogP) is 1.65. The van der Waals surface area contributed by atoms with Crippen molar-refractivity contribution in [2.45, 2.75) is 12.8 Å². The number of aromatic nitrogens is 2. The molecule has 0 saturated heterocycles. The molecule has 1 heterocycles. The van der Waals surface area contributed by atoms with Crippen LogP contribution in [0.25, 0.3) is 5.69 Å². The first-order chi connectivity index (χ1) is 10.5. The molecule has 116 valence electrons. The maximum absolute atomic E-state index is 13.7. The van der Waals surface area contributed by atoms with Crippen LogP contribution < -0.4 is 5.32 Å². The lowest BCUT2D eigenvalue weighted by molar-refractivity contribution is 0.0935. The third kappa shape index (κ3) is 2.85. The van der Waals surface area contributed by atoms with Gasteiger partial charge in [-0.05, 0) is 25.0 Å². The molecule has 1 amide bonds. The van der Waals surface area contributed by atoms with Gasteiger partial charge in [0, 0.05) is 24.2 Å². The molecule has 1 aliphatic carbocycles. The number of halogens is 2. The molecule has 0 radical (unpaired) electrons. The van der Waals surface area contributed by atoms with Gasteiger partial charge in [0.1, 0.15) is 11.5 Å². The molecule has 1 aromatic carbocycles. The molecule has 2 aromatic rings. The summed E-state index contributed by atoms with van der Waals surface area (Å²) in [6.07, 6.45) is 4.48. The van der Waals surface area contributed by atoms with E-state index in [-0.39, 0.29) is 29.2 Å². The van der Waals surface area contributed by atoms with Gasteiger partial charge in [-0.3, -0.25) is 4.79 Å². The molecule has 1 saturated carbocycles. The Morgan fingerprint density at radius 3 is 2.82 bits per heavy atom. The van der Waals surface area contributed by atoms with E-state index in [2.05, 4.69) is 10.4 Å². The first-order valence-corrected chi connectivity index (χ1v) is 6.92. The van der Waals surface area contributed by atoms with E-state index in [1.54, 1.807) is 0 Å². The summed E-state index contributed by atoms with van der Waals surface area (Å²) in [7, 11) is 0. The summed E-state index contributed by atoms with van der Waals surface area (Å²) in [4.78, 5) is 12.0. The second kappa shape index (κ2) is 5.49. The maximum Gasteiger partial charge on any atom is 0.254 e. The Morgan fingerprint density at radius 2 is 2.18 bits per heavy atom. The van der Waals surface area contributed by atoms with Gasteiger partial charge in [0.2, 0.25) is 0 Å². The quantitative estimate of drug-likeness (QED) is 0.882. The van der Waals surface area contributed by atoms with E-state index in [1.807, 2.05) is 0 Å². The minimum atomic E-state index is -0.757. The minimum Gasteiger partial charge on any atom is -0.396 e. The highest BCUT2D eigenvalue weighted by atomic mass is 19.1. The zero-order valence-corrected chi connectivity index (χ0v) is 11.7. The lowest BCUT2D eigenvalue weighted by Crippen LogP contribution is -2.31. The Hall–Kier alpha value is -2.28.